The van der Waals surface area contributed by atoms with E-state index in [0.29, 0.717) is 28.3 Å². The van der Waals surface area contributed by atoms with Crippen molar-refractivity contribution < 1.29 is 0 Å². The summed E-state index contributed by atoms with van der Waals surface area (Å²) in [6.45, 7) is 0.702. The van der Waals surface area contributed by atoms with Crippen molar-refractivity contribution in [1.82, 2.24) is 9.55 Å². The highest BCUT2D eigenvalue weighted by molar-refractivity contribution is 6.31. The molecule has 1 aliphatic rings. The maximum Gasteiger partial charge on any atom is 0.261 e. The SMILES string of the molecule is NC1CCCn2c1nc1cc(Cl)ccc1c2=O. The first-order valence-corrected chi connectivity index (χ1v) is 6.00. The number of nitrogens with two attached hydrogens (primary N) is 1. The maximum atomic E-state index is 12.3. The molecule has 1 unspecified atom stereocenters. The summed E-state index contributed by atoms with van der Waals surface area (Å²) in [5.41, 5.74) is 6.60. The van der Waals surface area contributed by atoms with Crippen molar-refractivity contribution in [3.8, 4) is 0 Å². The predicted octanol–water partition coefficient (Wildman–Crippen LogP) is 1.84. The summed E-state index contributed by atoms with van der Waals surface area (Å²) in [6.07, 6.45) is 1.80. The number of halogens is 1. The van der Waals surface area contributed by atoms with Gasteiger partial charge in [0.1, 0.15) is 5.82 Å². The molecule has 2 N–H and O–H groups in total. The normalized spacial score (nSPS) is 19.3. The summed E-state index contributed by atoms with van der Waals surface area (Å²) in [6, 6.07) is 4.99. The van der Waals surface area contributed by atoms with Crippen molar-refractivity contribution in [2.45, 2.75) is 25.4 Å². The Bertz CT molecular complexity index is 650. The quantitative estimate of drug-likeness (QED) is 0.775. The number of rotatable bonds is 0. The summed E-state index contributed by atoms with van der Waals surface area (Å²) < 4.78 is 1.68. The van der Waals surface area contributed by atoms with Crippen LogP contribution in [0.4, 0.5) is 0 Å². The van der Waals surface area contributed by atoms with Crippen LogP contribution in [-0.2, 0) is 6.54 Å². The number of aromatic nitrogens is 2. The van der Waals surface area contributed by atoms with E-state index in [1.165, 1.54) is 0 Å². The molecule has 0 radical (unpaired) electrons. The summed E-state index contributed by atoms with van der Waals surface area (Å²) in [5.74, 6) is 0.677. The molecule has 4 nitrogen and oxygen atoms in total. The highest BCUT2D eigenvalue weighted by Gasteiger charge is 2.20. The van der Waals surface area contributed by atoms with Gasteiger partial charge in [0.15, 0.2) is 0 Å². The summed E-state index contributed by atoms with van der Waals surface area (Å²) in [4.78, 5) is 16.7. The summed E-state index contributed by atoms with van der Waals surface area (Å²) in [5, 5.41) is 1.19. The predicted molar refractivity (Wildman–Crippen MR) is 67.2 cm³/mol. The van der Waals surface area contributed by atoms with E-state index in [1.807, 2.05) is 0 Å². The van der Waals surface area contributed by atoms with Crippen LogP contribution in [0.2, 0.25) is 5.02 Å². The van der Waals surface area contributed by atoms with E-state index in [9.17, 15) is 4.79 Å². The van der Waals surface area contributed by atoms with Crippen molar-refractivity contribution in [3.63, 3.8) is 0 Å². The molecule has 5 heteroatoms. The van der Waals surface area contributed by atoms with Crippen molar-refractivity contribution in [3.05, 3.63) is 39.4 Å². The molecule has 0 saturated carbocycles. The lowest BCUT2D eigenvalue weighted by molar-refractivity contribution is 0.435. The zero-order valence-corrected chi connectivity index (χ0v) is 9.94. The molecule has 0 spiro atoms. The minimum Gasteiger partial charge on any atom is -0.321 e. The molecule has 0 bridgehead atoms. The van der Waals surface area contributed by atoms with Crippen LogP contribution in [0.15, 0.2) is 23.0 Å². The van der Waals surface area contributed by atoms with Crippen LogP contribution in [0.3, 0.4) is 0 Å². The average Bonchev–Trinajstić information content (AvgIpc) is 2.30. The molecule has 1 atom stereocenters. The second kappa shape index (κ2) is 3.82. The average molecular weight is 250 g/mol. The molecule has 0 fully saturated rings. The smallest absolute Gasteiger partial charge is 0.261 e. The molecular weight excluding hydrogens is 238 g/mol. The first-order chi connectivity index (χ1) is 8.16. The monoisotopic (exact) mass is 249 g/mol. The molecule has 1 aliphatic heterocycles. The molecule has 2 heterocycles. The first-order valence-electron chi connectivity index (χ1n) is 5.62. The van der Waals surface area contributed by atoms with Crippen molar-refractivity contribution in [1.29, 1.82) is 0 Å². The molecule has 1 aromatic heterocycles. The van der Waals surface area contributed by atoms with E-state index < -0.39 is 0 Å². The zero-order chi connectivity index (χ0) is 12.0. The molecule has 2 aromatic rings. The second-order valence-corrected chi connectivity index (χ2v) is 4.77. The molecule has 1 aromatic carbocycles. The van der Waals surface area contributed by atoms with Gasteiger partial charge in [0.2, 0.25) is 0 Å². The Labute approximate surface area is 103 Å². The van der Waals surface area contributed by atoms with Gasteiger partial charge in [0.25, 0.3) is 5.56 Å². The van der Waals surface area contributed by atoms with E-state index >= 15 is 0 Å². The van der Waals surface area contributed by atoms with Crippen LogP contribution < -0.4 is 11.3 Å². The van der Waals surface area contributed by atoms with Crippen molar-refractivity contribution >= 4 is 22.5 Å². The van der Waals surface area contributed by atoms with Gasteiger partial charge in [-0.05, 0) is 31.0 Å². The third kappa shape index (κ3) is 1.64. The van der Waals surface area contributed by atoms with Crippen LogP contribution in [0.25, 0.3) is 10.9 Å². The van der Waals surface area contributed by atoms with Gasteiger partial charge >= 0.3 is 0 Å². The summed E-state index contributed by atoms with van der Waals surface area (Å²) >= 11 is 5.91. The third-order valence-corrected chi connectivity index (χ3v) is 3.41. The van der Waals surface area contributed by atoms with E-state index in [-0.39, 0.29) is 11.6 Å². The number of nitrogens with zero attached hydrogens (tertiary/aromatic N) is 2. The van der Waals surface area contributed by atoms with Crippen LogP contribution in [0, 0.1) is 0 Å². The topological polar surface area (TPSA) is 60.9 Å². The van der Waals surface area contributed by atoms with Gasteiger partial charge in [0.05, 0.1) is 16.9 Å². The summed E-state index contributed by atoms with van der Waals surface area (Å²) in [7, 11) is 0. The minimum atomic E-state index is -0.153. The van der Waals surface area contributed by atoms with Crippen LogP contribution in [0.1, 0.15) is 24.7 Å². The van der Waals surface area contributed by atoms with Crippen LogP contribution in [0.5, 0.6) is 0 Å². The van der Waals surface area contributed by atoms with Crippen molar-refractivity contribution in [2.75, 3.05) is 0 Å². The van der Waals surface area contributed by atoms with Gasteiger partial charge in [-0.3, -0.25) is 9.36 Å². The Kier molecular flexibility index (Phi) is 2.42. The molecule has 0 aliphatic carbocycles. The fourth-order valence-corrected chi connectivity index (χ4v) is 2.48. The number of benzene rings is 1. The number of hydrogen-bond acceptors (Lipinski definition) is 3. The lowest BCUT2D eigenvalue weighted by Gasteiger charge is -2.23. The molecule has 17 heavy (non-hydrogen) atoms. The second-order valence-electron chi connectivity index (χ2n) is 4.34. The van der Waals surface area contributed by atoms with Gasteiger partial charge in [-0.25, -0.2) is 4.98 Å². The number of fused-ring (bicyclic) bond motifs is 2. The van der Waals surface area contributed by atoms with Gasteiger partial charge in [-0.15, -0.1) is 0 Å². The lowest BCUT2D eigenvalue weighted by Crippen LogP contribution is -2.33. The molecule has 3 rings (SSSR count). The number of hydrogen-bond donors (Lipinski definition) is 1. The largest absolute Gasteiger partial charge is 0.321 e. The fraction of sp³-hybridized carbons (Fsp3) is 0.333. The van der Waals surface area contributed by atoms with E-state index in [0.717, 1.165) is 12.8 Å². The Morgan fingerprint density at radius 1 is 1.47 bits per heavy atom. The Hall–Kier alpha value is -1.39. The van der Waals surface area contributed by atoms with E-state index in [2.05, 4.69) is 4.98 Å². The van der Waals surface area contributed by atoms with E-state index in [4.69, 9.17) is 17.3 Å². The molecular formula is C12H12ClN3O. The molecule has 88 valence electrons. The molecule has 0 saturated heterocycles. The van der Waals surface area contributed by atoms with Gasteiger partial charge in [-0.2, -0.15) is 0 Å². The zero-order valence-electron chi connectivity index (χ0n) is 9.19. The first kappa shape index (κ1) is 10.7. The van der Waals surface area contributed by atoms with Crippen LogP contribution in [-0.4, -0.2) is 9.55 Å². The maximum absolute atomic E-state index is 12.3. The van der Waals surface area contributed by atoms with Gasteiger partial charge < -0.3 is 5.73 Å². The lowest BCUT2D eigenvalue weighted by atomic mass is 10.1. The minimum absolute atomic E-state index is 0.0168. The molecule has 0 amide bonds. The van der Waals surface area contributed by atoms with Gasteiger partial charge in [-0.1, -0.05) is 11.6 Å². The highest BCUT2D eigenvalue weighted by atomic mass is 35.5. The van der Waals surface area contributed by atoms with E-state index in [1.54, 1.807) is 22.8 Å². The standard InChI is InChI=1S/C12H12ClN3O/c13-7-3-4-8-10(6-7)15-11-9(14)2-1-5-16(11)12(8)17/h3-4,6,9H,1-2,5,14H2. The Morgan fingerprint density at radius 3 is 3.12 bits per heavy atom. The highest BCUT2D eigenvalue weighted by Crippen LogP contribution is 2.22. The Morgan fingerprint density at radius 2 is 2.29 bits per heavy atom. The van der Waals surface area contributed by atoms with Crippen LogP contribution >= 0.6 is 11.6 Å². The fourth-order valence-electron chi connectivity index (χ4n) is 2.31. The van der Waals surface area contributed by atoms with Gasteiger partial charge in [0, 0.05) is 11.6 Å². The third-order valence-electron chi connectivity index (χ3n) is 3.18. The Balaban J connectivity index is 2.39. The van der Waals surface area contributed by atoms with Crippen molar-refractivity contribution in [2.24, 2.45) is 5.73 Å².